The summed E-state index contributed by atoms with van der Waals surface area (Å²) >= 11 is 3.15. The number of nitrogen functional groups attached to an aromatic ring is 1. The molecular formula is C14H9BrFN3O2. The molecular weight excluding hydrogens is 341 g/mol. The number of nitrogens with two attached hydrogens (primary N) is 1. The Hall–Kier alpha value is -2.41. The van der Waals surface area contributed by atoms with Crippen LogP contribution in [-0.4, -0.2) is 15.8 Å². The third-order valence-corrected chi connectivity index (χ3v) is 3.77. The van der Waals surface area contributed by atoms with Crippen LogP contribution in [0, 0.1) is 5.82 Å². The van der Waals surface area contributed by atoms with Crippen molar-refractivity contribution in [2.45, 2.75) is 0 Å². The van der Waals surface area contributed by atoms with Crippen LogP contribution in [0.4, 0.5) is 10.1 Å². The van der Waals surface area contributed by atoms with E-state index in [4.69, 9.17) is 5.73 Å². The molecule has 0 bridgehead atoms. The molecule has 4 N–H and O–H groups in total. The molecule has 0 radical (unpaired) electrons. The van der Waals surface area contributed by atoms with Gasteiger partial charge < -0.3 is 15.7 Å². The first-order chi connectivity index (χ1) is 9.95. The number of benzene rings is 2. The Balaban J connectivity index is 2.11. The van der Waals surface area contributed by atoms with Gasteiger partial charge in [-0.1, -0.05) is 0 Å². The summed E-state index contributed by atoms with van der Waals surface area (Å²) in [5, 5.41) is 0. The molecule has 0 aliphatic rings. The molecule has 1 aromatic heterocycles. The van der Waals surface area contributed by atoms with Gasteiger partial charge in [0.2, 0.25) is 0 Å². The molecule has 1 heterocycles. The zero-order valence-corrected chi connectivity index (χ0v) is 12.1. The maximum atomic E-state index is 13.3. The minimum absolute atomic E-state index is 0.0994. The number of rotatable bonds is 2. The van der Waals surface area contributed by atoms with Crippen molar-refractivity contribution in [3.05, 3.63) is 62.2 Å². The summed E-state index contributed by atoms with van der Waals surface area (Å²) in [6, 6.07) is 7.20. The second-order valence-corrected chi connectivity index (χ2v) is 5.38. The van der Waals surface area contributed by atoms with Crippen molar-refractivity contribution in [2.24, 2.45) is 0 Å². The summed E-state index contributed by atoms with van der Waals surface area (Å²) < 4.78 is 13.6. The lowest BCUT2D eigenvalue weighted by Crippen LogP contribution is -2.04. The van der Waals surface area contributed by atoms with Gasteiger partial charge in [0.05, 0.1) is 16.7 Å². The fraction of sp³-hybridized carbons (Fsp3) is 0. The first-order valence-corrected chi connectivity index (χ1v) is 6.76. The van der Waals surface area contributed by atoms with Crippen LogP contribution in [-0.2, 0) is 0 Å². The summed E-state index contributed by atoms with van der Waals surface area (Å²) in [5.41, 5.74) is 6.81. The molecule has 5 nitrogen and oxygen atoms in total. The number of H-pyrrole nitrogens is 2. The van der Waals surface area contributed by atoms with Crippen molar-refractivity contribution in [2.75, 3.05) is 5.73 Å². The maximum Gasteiger partial charge on any atom is 0.323 e. The van der Waals surface area contributed by atoms with E-state index in [-0.39, 0.29) is 22.7 Å². The maximum absolute atomic E-state index is 13.3. The summed E-state index contributed by atoms with van der Waals surface area (Å²) in [6.45, 7) is 0. The van der Waals surface area contributed by atoms with Gasteiger partial charge in [-0.05, 0) is 46.3 Å². The Morgan fingerprint density at radius 3 is 2.62 bits per heavy atom. The average molecular weight is 350 g/mol. The van der Waals surface area contributed by atoms with Crippen LogP contribution in [0.3, 0.4) is 0 Å². The molecule has 106 valence electrons. The predicted molar refractivity (Wildman–Crippen MR) is 80.9 cm³/mol. The van der Waals surface area contributed by atoms with Crippen molar-refractivity contribution in [1.82, 2.24) is 9.97 Å². The molecule has 2 aromatic carbocycles. The van der Waals surface area contributed by atoms with Gasteiger partial charge in [0.15, 0.2) is 5.78 Å². The number of imidazole rings is 1. The number of hydrogen-bond donors (Lipinski definition) is 3. The van der Waals surface area contributed by atoms with Crippen molar-refractivity contribution < 1.29 is 9.18 Å². The number of fused-ring (bicyclic) bond motifs is 1. The fourth-order valence-corrected chi connectivity index (χ4v) is 2.56. The number of aromatic nitrogens is 2. The quantitative estimate of drug-likeness (QED) is 0.490. The van der Waals surface area contributed by atoms with Crippen molar-refractivity contribution in [1.29, 1.82) is 0 Å². The van der Waals surface area contributed by atoms with Gasteiger partial charge in [-0.15, -0.1) is 0 Å². The molecule has 0 amide bonds. The first-order valence-electron chi connectivity index (χ1n) is 5.97. The van der Waals surface area contributed by atoms with Gasteiger partial charge in [-0.2, -0.15) is 0 Å². The van der Waals surface area contributed by atoms with Crippen molar-refractivity contribution in [3.8, 4) is 0 Å². The highest BCUT2D eigenvalue weighted by Crippen LogP contribution is 2.25. The topological polar surface area (TPSA) is 91.7 Å². The Morgan fingerprint density at radius 1 is 1.14 bits per heavy atom. The van der Waals surface area contributed by atoms with Crippen LogP contribution in [0.25, 0.3) is 11.0 Å². The lowest BCUT2D eigenvalue weighted by molar-refractivity contribution is 0.103. The molecule has 0 saturated carbocycles. The summed E-state index contributed by atoms with van der Waals surface area (Å²) in [5.74, 6) is -0.915. The van der Waals surface area contributed by atoms with Crippen LogP contribution in [0.2, 0.25) is 0 Å². The van der Waals surface area contributed by atoms with Crippen LogP contribution in [0.1, 0.15) is 15.9 Å². The second kappa shape index (κ2) is 4.85. The van der Waals surface area contributed by atoms with E-state index in [0.717, 1.165) is 6.07 Å². The van der Waals surface area contributed by atoms with E-state index in [2.05, 4.69) is 25.9 Å². The second-order valence-electron chi connectivity index (χ2n) is 4.52. The third-order valence-electron chi connectivity index (χ3n) is 3.11. The lowest BCUT2D eigenvalue weighted by atomic mass is 10.0. The smallest absolute Gasteiger partial charge is 0.323 e. The summed E-state index contributed by atoms with van der Waals surface area (Å²) in [4.78, 5) is 28.9. The Bertz CT molecular complexity index is 930. The van der Waals surface area contributed by atoms with Crippen LogP contribution >= 0.6 is 15.9 Å². The van der Waals surface area contributed by atoms with Gasteiger partial charge in [-0.3, -0.25) is 4.79 Å². The lowest BCUT2D eigenvalue weighted by Gasteiger charge is -2.06. The molecule has 3 rings (SSSR count). The third kappa shape index (κ3) is 2.36. The van der Waals surface area contributed by atoms with Gasteiger partial charge >= 0.3 is 5.69 Å². The summed E-state index contributed by atoms with van der Waals surface area (Å²) in [6.07, 6.45) is 0. The number of ketones is 1. The van der Waals surface area contributed by atoms with E-state index in [1.807, 2.05) is 0 Å². The largest absolute Gasteiger partial charge is 0.396 e. The number of halogens is 2. The van der Waals surface area contributed by atoms with Gasteiger partial charge in [0, 0.05) is 15.6 Å². The number of nitrogens with one attached hydrogen (secondary N) is 2. The Labute approximate surface area is 126 Å². The Morgan fingerprint density at radius 2 is 1.86 bits per heavy atom. The number of aromatic amines is 2. The monoisotopic (exact) mass is 349 g/mol. The first kappa shape index (κ1) is 13.6. The number of hydrogen-bond acceptors (Lipinski definition) is 3. The van der Waals surface area contributed by atoms with E-state index in [0.29, 0.717) is 21.1 Å². The van der Waals surface area contributed by atoms with E-state index >= 15 is 0 Å². The normalized spacial score (nSPS) is 11.0. The summed E-state index contributed by atoms with van der Waals surface area (Å²) in [7, 11) is 0. The van der Waals surface area contributed by atoms with Crippen LogP contribution < -0.4 is 11.4 Å². The standard InChI is InChI=1S/C14H9BrFN3O2/c15-8-5-9(16)10(17)4-7(8)13(20)6-1-2-11-12(3-6)19-14(21)18-11/h1-5H,17H2,(H2,18,19,21). The van der Waals surface area contributed by atoms with Crippen LogP contribution in [0.5, 0.6) is 0 Å². The molecule has 3 aromatic rings. The van der Waals surface area contributed by atoms with E-state index < -0.39 is 5.82 Å². The highest BCUT2D eigenvalue weighted by molar-refractivity contribution is 9.10. The molecule has 0 atom stereocenters. The fourth-order valence-electron chi connectivity index (χ4n) is 2.07. The minimum atomic E-state index is -0.594. The van der Waals surface area contributed by atoms with Gasteiger partial charge in [0.25, 0.3) is 0 Å². The minimum Gasteiger partial charge on any atom is -0.396 e. The van der Waals surface area contributed by atoms with E-state index in [1.165, 1.54) is 6.07 Å². The van der Waals surface area contributed by atoms with E-state index in [9.17, 15) is 14.0 Å². The number of carbonyl (C=O) groups excluding carboxylic acids is 1. The molecule has 0 saturated heterocycles. The Kier molecular flexibility index (Phi) is 3.13. The van der Waals surface area contributed by atoms with Gasteiger partial charge in [0.1, 0.15) is 5.82 Å². The number of anilines is 1. The van der Waals surface area contributed by atoms with E-state index in [1.54, 1.807) is 18.2 Å². The molecule has 0 aliphatic carbocycles. The highest BCUT2D eigenvalue weighted by atomic mass is 79.9. The van der Waals surface area contributed by atoms with Crippen molar-refractivity contribution in [3.63, 3.8) is 0 Å². The molecule has 0 fully saturated rings. The van der Waals surface area contributed by atoms with Gasteiger partial charge in [-0.25, -0.2) is 9.18 Å². The highest BCUT2D eigenvalue weighted by Gasteiger charge is 2.16. The predicted octanol–water partition coefficient (Wildman–Crippen LogP) is 2.57. The number of carbonyl (C=O) groups is 1. The zero-order chi connectivity index (χ0) is 15.1. The van der Waals surface area contributed by atoms with Crippen molar-refractivity contribution >= 4 is 38.4 Å². The average Bonchev–Trinajstić information content (AvgIpc) is 2.81. The molecule has 21 heavy (non-hydrogen) atoms. The zero-order valence-electron chi connectivity index (χ0n) is 10.5. The molecule has 7 heteroatoms. The molecule has 0 unspecified atom stereocenters. The van der Waals surface area contributed by atoms with Crippen LogP contribution in [0.15, 0.2) is 39.6 Å². The molecule has 0 aliphatic heterocycles. The SMILES string of the molecule is Nc1cc(C(=O)c2ccc3[nH]c(=O)[nH]c3c2)c(Br)cc1F. The molecule has 0 spiro atoms.